The van der Waals surface area contributed by atoms with Gasteiger partial charge in [-0.25, -0.2) is 4.98 Å². The van der Waals surface area contributed by atoms with Crippen molar-refractivity contribution in [2.75, 3.05) is 25.1 Å². The molecule has 3 N–H and O–H groups in total. The Bertz CT molecular complexity index is 339. The van der Waals surface area contributed by atoms with Crippen LogP contribution in [0.3, 0.4) is 0 Å². The molecule has 1 aromatic heterocycles. The third-order valence-corrected chi connectivity index (χ3v) is 4.23. The van der Waals surface area contributed by atoms with E-state index in [9.17, 15) is 0 Å². The zero-order valence-corrected chi connectivity index (χ0v) is 10.7. The van der Waals surface area contributed by atoms with Crippen molar-refractivity contribution in [2.45, 2.75) is 32.2 Å². The van der Waals surface area contributed by atoms with Crippen LogP contribution in [-0.2, 0) is 4.74 Å². The number of ether oxygens (including phenoxy) is 1. The Morgan fingerprint density at radius 3 is 2.62 bits per heavy atom. The lowest BCUT2D eigenvalue weighted by atomic mass is 9.90. The van der Waals surface area contributed by atoms with E-state index in [1.807, 2.05) is 6.92 Å². The van der Waals surface area contributed by atoms with E-state index >= 15 is 0 Å². The molecule has 1 aromatic rings. The SMILES string of the molecule is Cc1nc(NC2(CN)CCOCC2)sc1C. The molecular weight excluding hydrogens is 222 g/mol. The molecule has 2 rings (SSSR count). The molecule has 16 heavy (non-hydrogen) atoms. The lowest BCUT2D eigenvalue weighted by molar-refractivity contribution is 0.0628. The van der Waals surface area contributed by atoms with Crippen molar-refractivity contribution < 1.29 is 4.74 Å². The largest absolute Gasteiger partial charge is 0.381 e. The van der Waals surface area contributed by atoms with Crippen molar-refractivity contribution in [1.29, 1.82) is 0 Å². The standard InChI is InChI=1S/C11H19N3OS/c1-8-9(2)16-10(13-8)14-11(7-12)3-5-15-6-4-11/h3-7,12H2,1-2H3,(H,13,14). The average molecular weight is 241 g/mol. The van der Waals surface area contributed by atoms with Gasteiger partial charge < -0.3 is 15.8 Å². The number of nitrogens with zero attached hydrogens (tertiary/aromatic N) is 1. The molecule has 0 amide bonds. The monoisotopic (exact) mass is 241 g/mol. The summed E-state index contributed by atoms with van der Waals surface area (Å²) in [4.78, 5) is 5.77. The fourth-order valence-corrected chi connectivity index (χ4v) is 2.83. The van der Waals surface area contributed by atoms with Crippen molar-refractivity contribution in [3.05, 3.63) is 10.6 Å². The van der Waals surface area contributed by atoms with Gasteiger partial charge in [0.15, 0.2) is 5.13 Å². The van der Waals surface area contributed by atoms with Crippen molar-refractivity contribution >= 4 is 16.5 Å². The van der Waals surface area contributed by atoms with Crippen LogP contribution in [0.25, 0.3) is 0 Å². The molecule has 0 saturated carbocycles. The van der Waals surface area contributed by atoms with E-state index in [1.54, 1.807) is 11.3 Å². The average Bonchev–Trinajstić information content (AvgIpc) is 2.59. The quantitative estimate of drug-likeness (QED) is 0.845. The zero-order valence-electron chi connectivity index (χ0n) is 9.88. The van der Waals surface area contributed by atoms with Gasteiger partial charge in [-0.1, -0.05) is 0 Å². The van der Waals surface area contributed by atoms with Gasteiger partial charge >= 0.3 is 0 Å². The Labute approximate surface area is 100 Å². The van der Waals surface area contributed by atoms with Crippen LogP contribution in [-0.4, -0.2) is 30.3 Å². The predicted octanol–water partition coefficient (Wildman–Crippen LogP) is 1.68. The van der Waals surface area contributed by atoms with Crippen molar-refractivity contribution in [3.63, 3.8) is 0 Å². The highest BCUT2D eigenvalue weighted by Crippen LogP contribution is 2.28. The summed E-state index contributed by atoms with van der Waals surface area (Å²) in [5.41, 5.74) is 6.97. The van der Waals surface area contributed by atoms with Crippen LogP contribution in [0.4, 0.5) is 5.13 Å². The molecule has 0 unspecified atom stereocenters. The van der Waals surface area contributed by atoms with Crippen LogP contribution < -0.4 is 11.1 Å². The van der Waals surface area contributed by atoms with E-state index in [-0.39, 0.29) is 5.54 Å². The van der Waals surface area contributed by atoms with Crippen molar-refractivity contribution in [2.24, 2.45) is 5.73 Å². The summed E-state index contributed by atoms with van der Waals surface area (Å²) in [7, 11) is 0. The molecule has 0 aliphatic carbocycles. The Morgan fingerprint density at radius 1 is 1.44 bits per heavy atom. The van der Waals surface area contributed by atoms with Crippen LogP contribution in [0.1, 0.15) is 23.4 Å². The minimum absolute atomic E-state index is 0.0189. The predicted molar refractivity (Wildman–Crippen MR) is 67.0 cm³/mol. The van der Waals surface area contributed by atoms with Gasteiger partial charge in [-0.3, -0.25) is 0 Å². The molecule has 0 atom stereocenters. The number of hydrogen-bond acceptors (Lipinski definition) is 5. The molecule has 4 nitrogen and oxygen atoms in total. The first kappa shape index (κ1) is 11.8. The molecule has 2 heterocycles. The molecule has 0 radical (unpaired) electrons. The second-order valence-electron chi connectivity index (χ2n) is 4.38. The first-order valence-electron chi connectivity index (χ1n) is 5.65. The summed E-state index contributed by atoms with van der Waals surface area (Å²) in [6, 6.07) is 0. The van der Waals surface area contributed by atoms with Gasteiger partial charge in [0.05, 0.1) is 11.2 Å². The maximum absolute atomic E-state index is 5.89. The highest BCUT2D eigenvalue weighted by molar-refractivity contribution is 7.15. The molecule has 1 fully saturated rings. The van der Waals surface area contributed by atoms with Crippen LogP contribution in [0.2, 0.25) is 0 Å². The van der Waals surface area contributed by atoms with E-state index in [4.69, 9.17) is 10.5 Å². The minimum Gasteiger partial charge on any atom is -0.381 e. The lowest BCUT2D eigenvalue weighted by Gasteiger charge is -2.36. The van der Waals surface area contributed by atoms with Crippen molar-refractivity contribution in [3.8, 4) is 0 Å². The Kier molecular flexibility index (Phi) is 3.47. The molecule has 1 aliphatic heterocycles. The van der Waals surface area contributed by atoms with Crippen LogP contribution in [0, 0.1) is 13.8 Å². The molecular formula is C11H19N3OS. The number of anilines is 1. The second kappa shape index (κ2) is 4.69. The third kappa shape index (κ3) is 2.36. The normalized spacial score (nSPS) is 19.7. The maximum Gasteiger partial charge on any atom is 0.183 e. The zero-order chi connectivity index (χ0) is 11.6. The van der Waals surface area contributed by atoms with E-state index in [0.29, 0.717) is 6.54 Å². The smallest absolute Gasteiger partial charge is 0.183 e. The van der Waals surface area contributed by atoms with Gasteiger partial charge in [0, 0.05) is 24.6 Å². The van der Waals surface area contributed by atoms with Gasteiger partial charge in [0.1, 0.15) is 0 Å². The van der Waals surface area contributed by atoms with Crippen LogP contribution in [0.5, 0.6) is 0 Å². The van der Waals surface area contributed by atoms with E-state index < -0.39 is 0 Å². The Hall–Kier alpha value is -0.650. The number of nitrogens with two attached hydrogens (primary N) is 1. The number of aromatic nitrogens is 1. The number of aryl methyl sites for hydroxylation is 2. The highest BCUT2D eigenvalue weighted by Gasteiger charge is 2.31. The third-order valence-electron chi connectivity index (χ3n) is 3.24. The molecule has 0 bridgehead atoms. The van der Waals surface area contributed by atoms with Gasteiger partial charge in [0.2, 0.25) is 0 Å². The summed E-state index contributed by atoms with van der Waals surface area (Å²) in [5, 5.41) is 4.50. The van der Waals surface area contributed by atoms with Gasteiger partial charge in [0.25, 0.3) is 0 Å². The summed E-state index contributed by atoms with van der Waals surface area (Å²) in [6.07, 6.45) is 1.92. The van der Waals surface area contributed by atoms with Gasteiger partial charge in [-0.15, -0.1) is 11.3 Å². The number of rotatable bonds is 3. The van der Waals surface area contributed by atoms with Gasteiger partial charge in [-0.05, 0) is 26.7 Å². The minimum atomic E-state index is -0.0189. The highest BCUT2D eigenvalue weighted by atomic mass is 32.1. The Balaban J connectivity index is 2.11. The summed E-state index contributed by atoms with van der Waals surface area (Å²) in [5.74, 6) is 0. The fraction of sp³-hybridized carbons (Fsp3) is 0.727. The van der Waals surface area contributed by atoms with Crippen LogP contribution >= 0.6 is 11.3 Å². The number of thiazole rings is 1. The van der Waals surface area contributed by atoms with E-state index in [1.165, 1.54) is 4.88 Å². The molecule has 90 valence electrons. The summed E-state index contributed by atoms with van der Waals surface area (Å²) >= 11 is 1.70. The summed E-state index contributed by atoms with van der Waals surface area (Å²) in [6.45, 7) is 6.34. The topological polar surface area (TPSA) is 60.2 Å². The van der Waals surface area contributed by atoms with Crippen LogP contribution in [0.15, 0.2) is 0 Å². The maximum atomic E-state index is 5.89. The lowest BCUT2D eigenvalue weighted by Crippen LogP contribution is -2.49. The number of nitrogens with one attached hydrogen (secondary N) is 1. The fourth-order valence-electron chi connectivity index (χ4n) is 1.90. The van der Waals surface area contributed by atoms with Gasteiger partial charge in [-0.2, -0.15) is 0 Å². The number of hydrogen-bond donors (Lipinski definition) is 2. The molecule has 0 aromatic carbocycles. The molecule has 1 saturated heterocycles. The summed E-state index contributed by atoms with van der Waals surface area (Å²) < 4.78 is 5.38. The molecule has 0 spiro atoms. The first-order valence-corrected chi connectivity index (χ1v) is 6.47. The van der Waals surface area contributed by atoms with E-state index in [0.717, 1.165) is 36.9 Å². The molecule has 1 aliphatic rings. The Morgan fingerprint density at radius 2 is 2.12 bits per heavy atom. The second-order valence-corrected chi connectivity index (χ2v) is 5.59. The first-order chi connectivity index (χ1) is 7.65. The van der Waals surface area contributed by atoms with Crippen molar-refractivity contribution in [1.82, 2.24) is 4.98 Å². The molecule has 5 heteroatoms. The van der Waals surface area contributed by atoms with E-state index in [2.05, 4.69) is 17.2 Å².